The molecule has 0 spiro atoms. The normalized spacial score (nSPS) is 20.4. The Hall–Kier alpha value is -3.15. The Labute approximate surface area is 339 Å². The van der Waals surface area contributed by atoms with Crippen molar-refractivity contribution in [3.05, 3.63) is 131 Å². The minimum atomic E-state index is -0.351. The van der Waals surface area contributed by atoms with Crippen LogP contribution in [0.4, 0.5) is 0 Å². The number of hydrogen-bond acceptors (Lipinski definition) is 2. The van der Waals surface area contributed by atoms with Crippen LogP contribution < -0.4 is 0 Å². The number of benzene rings is 6. The van der Waals surface area contributed by atoms with Gasteiger partial charge in [0.25, 0.3) is 0 Å². The molecule has 0 radical (unpaired) electrons. The van der Waals surface area contributed by atoms with Crippen LogP contribution in [0.3, 0.4) is 0 Å². The van der Waals surface area contributed by atoms with Crippen molar-refractivity contribution >= 4 is 37.5 Å². The summed E-state index contributed by atoms with van der Waals surface area (Å²) in [4.78, 5) is 0. The quantitative estimate of drug-likeness (QED) is 0.165. The van der Waals surface area contributed by atoms with E-state index in [2.05, 4.69) is 151 Å². The Morgan fingerprint density at radius 2 is 0.909 bits per heavy atom. The molecule has 0 aromatic heterocycles. The molecule has 2 nitrogen and oxygen atoms in total. The third-order valence-corrected chi connectivity index (χ3v) is 27.9. The zero-order valence-electron chi connectivity index (χ0n) is 33.4. The van der Waals surface area contributed by atoms with Crippen LogP contribution in [0, 0.1) is 0 Å². The molecule has 6 aromatic carbocycles. The standard InChI is InChI=1S/C50H56O2S2.Ti/c1-49(2,3)41-27-39(47(51)43(29-41)37-23-21-33-15-11-13-17-35(33)25-37)31-53-45-19-9-7-8-10-20-46(45)54-32-40-28-42(50(4,5)6)30-44(48(40)52)38-24-22-34-16-12-14-18-36(34)26-38;/h11-18,21-30,45-46,51-52H,7-10,19-20,31-32H2,1-6H3;/t45-,46?;/m0./s1. The number of hydrogen-bond donors (Lipinski definition) is 2. The molecular weight excluding hydrogens is 745 g/mol. The fourth-order valence-corrected chi connectivity index (χ4v) is 29.4. The molecule has 0 bridgehead atoms. The Morgan fingerprint density at radius 1 is 0.509 bits per heavy atom. The number of rotatable bonds is 6. The Morgan fingerprint density at radius 3 is 1.31 bits per heavy atom. The summed E-state index contributed by atoms with van der Waals surface area (Å²) >= 11 is -0.351. The monoisotopic (exact) mass is 800 g/mol. The van der Waals surface area contributed by atoms with Crippen molar-refractivity contribution < 1.29 is 25.7 Å². The zero-order chi connectivity index (χ0) is 38.5. The van der Waals surface area contributed by atoms with Crippen molar-refractivity contribution in [3.8, 4) is 33.8 Å². The van der Waals surface area contributed by atoms with Crippen LogP contribution in [0.1, 0.15) is 102 Å². The fourth-order valence-electron chi connectivity index (χ4n) is 8.57. The van der Waals surface area contributed by atoms with Crippen LogP contribution in [-0.4, -0.2) is 20.7 Å². The first-order valence-electron chi connectivity index (χ1n) is 20.2. The molecule has 4 atom stereocenters. The summed E-state index contributed by atoms with van der Waals surface area (Å²) in [6, 6.07) is 39.5. The van der Waals surface area contributed by atoms with E-state index in [9.17, 15) is 10.2 Å². The summed E-state index contributed by atoms with van der Waals surface area (Å²) < 4.78 is 0. The molecule has 0 saturated heterocycles. The van der Waals surface area contributed by atoms with Gasteiger partial charge in [-0.25, -0.2) is 0 Å². The number of fused-ring (bicyclic) bond motifs is 3. The second-order valence-corrected chi connectivity index (χ2v) is 29.4. The fraction of sp³-hybridized carbons (Fsp3) is 0.360. The first-order chi connectivity index (χ1) is 26.3. The number of phenols is 2. The van der Waals surface area contributed by atoms with Crippen LogP contribution in [0.15, 0.2) is 109 Å². The van der Waals surface area contributed by atoms with E-state index in [1.165, 1.54) is 71.2 Å². The maximum atomic E-state index is 12.2. The van der Waals surface area contributed by atoms with Gasteiger partial charge in [-0.3, -0.25) is 0 Å². The molecule has 1 aliphatic heterocycles. The molecule has 2 aliphatic rings. The average molecular weight is 801 g/mol. The molecule has 0 amide bonds. The molecule has 1 heterocycles. The second-order valence-electron chi connectivity index (χ2n) is 18.0. The molecule has 1 saturated carbocycles. The molecule has 1 aliphatic carbocycles. The van der Waals surface area contributed by atoms with Crippen molar-refractivity contribution in [1.29, 1.82) is 0 Å². The molecule has 1 fully saturated rings. The molecular formula is C50H56O2S2Ti. The summed E-state index contributed by atoms with van der Waals surface area (Å²) in [5.41, 5.74) is 8.93. The molecule has 3 unspecified atom stereocenters. The Balaban J connectivity index is 1.23. The van der Waals surface area contributed by atoms with Crippen molar-refractivity contribution in [2.75, 3.05) is 0 Å². The predicted molar refractivity (Wildman–Crippen MR) is 237 cm³/mol. The van der Waals surface area contributed by atoms with Crippen LogP contribution in [0.2, 0.25) is 0 Å². The number of phenolic OH excluding ortho intramolecular Hbond substituents is 2. The van der Waals surface area contributed by atoms with E-state index in [0.29, 0.717) is 11.5 Å². The molecule has 284 valence electrons. The van der Waals surface area contributed by atoms with Crippen LogP contribution in [-0.2, 0) is 37.8 Å². The van der Waals surface area contributed by atoms with Gasteiger partial charge in [0, 0.05) is 0 Å². The number of aromatic hydroxyl groups is 2. The van der Waals surface area contributed by atoms with Gasteiger partial charge < -0.3 is 0 Å². The SMILES string of the molecule is CC(C)(C)c1cc(C[S]2=[Ti]=[S](Cc3cc(C(C)(C)C)cc(-c4ccc5ccccc5c4)c3O)[C@H]3CCCCCCC32)c(O)c(-c2ccc3ccccc3c2)c1. The van der Waals surface area contributed by atoms with Gasteiger partial charge in [-0.05, 0) is 0 Å². The van der Waals surface area contributed by atoms with Crippen molar-refractivity contribution in [2.45, 2.75) is 113 Å². The summed E-state index contributed by atoms with van der Waals surface area (Å²) in [6.45, 7) is 13.8. The Kier molecular flexibility index (Phi) is 11.0. The van der Waals surface area contributed by atoms with Gasteiger partial charge in [-0.2, -0.15) is 0 Å². The molecule has 2 N–H and O–H groups in total. The van der Waals surface area contributed by atoms with Gasteiger partial charge in [0.15, 0.2) is 0 Å². The van der Waals surface area contributed by atoms with Crippen molar-refractivity contribution in [2.24, 2.45) is 0 Å². The summed E-state index contributed by atoms with van der Waals surface area (Å²) in [6.07, 6.45) is 7.95. The van der Waals surface area contributed by atoms with Crippen LogP contribution >= 0.6 is 15.9 Å². The second kappa shape index (κ2) is 15.7. The van der Waals surface area contributed by atoms with Gasteiger partial charge in [0.2, 0.25) is 0 Å². The van der Waals surface area contributed by atoms with E-state index in [4.69, 9.17) is 0 Å². The van der Waals surface area contributed by atoms with Crippen molar-refractivity contribution in [1.82, 2.24) is 0 Å². The van der Waals surface area contributed by atoms with Gasteiger partial charge >= 0.3 is 341 Å². The predicted octanol–water partition coefficient (Wildman–Crippen LogP) is 14.6. The van der Waals surface area contributed by atoms with E-state index < -0.39 is 0 Å². The maximum absolute atomic E-state index is 12.2. The van der Waals surface area contributed by atoms with Crippen molar-refractivity contribution in [3.63, 3.8) is 0 Å². The van der Waals surface area contributed by atoms with E-state index in [-0.39, 0.29) is 42.2 Å². The van der Waals surface area contributed by atoms with Crippen LogP contribution in [0.5, 0.6) is 11.5 Å². The Bertz CT molecular complexity index is 2320. The summed E-state index contributed by atoms with van der Waals surface area (Å²) in [5.74, 6) is 2.92. The molecule has 8 rings (SSSR count). The summed E-state index contributed by atoms with van der Waals surface area (Å²) in [5, 5.41) is 30.7. The minimum absolute atomic E-state index is 0.0332. The van der Waals surface area contributed by atoms with Gasteiger partial charge in [0.05, 0.1) is 0 Å². The first kappa shape index (κ1) is 38.7. The van der Waals surface area contributed by atoms with E-state index in [1.807, 2.05) is 0 Å². The first-order valence-corrected chi connectivity index (χ1v) is 26.9. The molecule has 55 heavy (non-hydrogen) atoms. The van der Waals surface area contributed by atoms with E-state index >= 15 is 0 Å². The third kappa shape index (κ3) is 8.17. The van der Waals surface area contributed by atoms with Gasteiger partial charge in [-0.1, -0.05) is 0 Å². The molecule has 5 heteroatoms. The topological polar surface area (TPSA) is 40.5 Å². The van der Waals surface area contributed by atoms with E-state index in [0.717, 1.165) is 55.4 Å². The zero-order valence-corrected chi connectivity index (χ0v) is 36.6. The van der Waals surface area contributed by atoms with Crippen LogP contribution in [0.25, 0.3) is 43.8 Å². The third-order valence-electron chi connectivity index (χ3n) is 11.9. The molecule has 6 aromatic rings. The summed E-state index contributed by atoms with van der Waals surface area (Å²) in [7, 11) is 0.520. The van der Waals surface area contributed by atoms with Gasteiger partial charge in [-0.15, -0.1) is 0 Å². The average Bonchev–Trinajstić information content (AvgIpc) is 3.45. The van der Waals surface area contributed by atoms with E-state index in [1.54, 1.807) is 0 Å². The van der Waals surface area contributed by atoms with Gasteiger partial charge in [0.1, 0.15) is 0 Å².